The second-order valence-corrected chi connectivity index (χ2v) is 11.4. The van der Waals surface area contributed by atoms with Crippen LogP contribution in [-0.2, 0) is 28.5 Å². The lowest BCUT2D eigenvalue weighted by atomic mass is 9.88. The Morgan fingerprint density at radius 3 is 1.41 bits per heavy atom. The summed E-state index contributed by atoms with van der Waals surface area (Å²) < 4.78 is 20.6. The monoisotopic (exact) mass is 482 g/mol. The van der Waals surface area contributed by atoms with E-state index in [1.807, 2.05) is 41.5 Å². The van der Waals surface area contributed by atoms with Gasteiger partial charge in [0.2, 0.25) is 0 Å². The normalized spacial score (nSPS) is 28.6. The van der Waals surface area contributed by atoms with Crippen molar-refractivity contribution in [3.8, 4) is 0 Å². The van der Waals surface area contributed by atoms with Gasteiger partial charge in [0, 0.05) is 38.0 Å². The van der Waals surface area contributed by atoms with E-state index in [1.165, 1.54) is 0 Å². The van der Waals surface area contributed by atoms with Crippen LogP contribution in [0.4, 0.5) is 9.59 Å². The van der Waals surface area contributed by atoms with E-state index in [1.54, 1.807) is 9.80 Å². The predicted molar refractivity (Wildman–Crippen MR) is 121 cm³/mol. The lowest BCUT2D eigenvalue weighted by Crippen LogP contribution is -2.46. The third-order valence-corrected chi connectivity index (χ3v) is 6.26. The van der Waals surface area contributed by atoms with E-state index in [9.17, 15) is 19.2 Å². The van der Waals surface area contributed by atoms with Crippen molar-refractivity contribution in [3.63, 3.8) is 0 Å². The zero-order chi connectivity index (χ0) is 25.3. The molecule has 10 heteroatoms. The van der Waals surface area contributed by atoms with E-state index in [4.69, 9.17) is 18.9 Å². The molecule has 0 bridgehead atoms. The van der Waals surface area contributed by atoms with Gasteiger partial charge in [0.25, 0.3) is 0 Å². The highest BCUT2D eigenvalue weighted by Gasteiger charge is 2.43. The van der Waals surface area contributed by atoms with Crippen LogP contribution in [0, 0.1) is 23.7 Å². The first kappa shape index (κ1) is 26.1. The molecule has 4 atom stereocenters. The third-order valence-electron chi connectivity index (χ3n) is 6.26. The molecule has 0 aromatic carbocycles. The molecule has 4 heterocycles. The molecule has 4 rings (SSSR count). The average Bonchev–Trinajstić information content (AvgIpc) is 3.28. The quantitative estimate of drug-likeness (QED) is 0.383. The first-order valence-corrected chi connectivity index (χ1v) is 12.0. The summed E-state index contributed by atoms with van der Waals surface area (Å²) in [7, 11) is 0. The van der Waals surface area contributed by atoms with Crippen molar-refractivity contribution in [2.24, 2.45) is 23.7 Å². The number of hydrogen-bond acceptors (Lipinski definition) is 8. The Kier molecular flexibility index (Phi) is 7.67. The summed E-state index contributed by atoms with van der Waals surface area (Å²) >= 11 is 0. The molecule has 4 aliphatic rings. The van der Waals surface area contributed by atoms with Gasteiger partial charge in [-0.1, -0.05) is 0 Å². The van der Waals surface area contributed by atoms with Crippen molar-refractivity contribution in [1.29, 1.82) is 0 Å². The number of ether oxygens (including phenoxy) is 4. The van der Waals surface area contributed by atoms with Crippen LogP contribution < -0.4 is 0 Å². The molecule has 0 spiro atoms. The number of esters is 2. The Balaban J connectivity index is 0.000000191. The molecule has 0 unspecified atom stereocenters. The fraction of sp³-hybridized carbons (Fsp3) is 0.833. The second-order valence-electron chi connectivity index (χ2n) is 11.4. The molecule has 0 aromatic heterocycles. The number of rotatable bonds is 0. The van der Waals surface area contributed by atoms with Crippen molar-refractivity contribution < 1.29 is 38.1 Å². The van der Waals surface area contributed by atoms with Crippen molar-refractivity contribution in [2.45, 2.75) is 65.6 Å². The molecule has 0 aliphatic carbocycles. The summed E-state index contributed by atoms with van der Waals surface area (Å²) in [5.74, 6) is 0.0209. The van der Waals surface area contributed by atoms with E-state index >= 15 is 0 Å². The van der Waals surface area contributed by atoms with Crippen molar-refractivity contribution >= 4 is 24.1 Å². The van der Waals surface area contributed by atoms with E-state index in [-0.39, 0.29) is 47.8 Å². The van der Waals surface area contributed by atoms with Crippen LogP contribution in [0.1, 0.15) is 54.4 Å². The summed E-state index contributed by atoms with van der Waals surface area (Å²) in [4.78, 5) is 49.8. The molecular weight excluding hydrogens is 444 g/mol. The highest BCUT2D eigenvalue weighted by Crippen LogP contribution is 2.32. The van der Waals surface area contributed by atoms with Crippen LogP contribution in [0.15, 0.2) is 0 Å². The van der Waals surface area contributed by atoms with Crippen LogP contribution in [0.3, 0.4) is 0 Å². The molecule has 192 valence electrons. The molecule has 0 N–H and O–H groups in total. The van der Waals surface area contributed by atoms with Gasteiger partial charge in [-0.15, -0.1) is 0 Å². The maximum absolute atomic E-state index is 11.9. The van der Waals surface area contributed by atoms with Crippen molar-refractivity contribution in [2.75, 3.05) is 39.4 Å². The van der Waals surface area contributed by atoms with Gasteiger partial charge in [-0.2, -0.15) is 0 Å². The zero-order valence-corrected chi connectivity index (χ0v) is 21.1. The van der Waals surface area contributed by atoms with E-state index in [0.29, 0.717) is 52.2 Å². The molecule has 0 aromatic rings. The SMILES string of the molecule is CC(C)(C)OC(=O)N1CC[C@@H]2C(=O)OC[C@@H]2C1.CC(C)(C)OC(=O)N1CC[C@H]2C(=O)OC[C@H]2C1. The third kappa shape index (κ3) is 6.76. The second kappa shape index (κ2) is 10.00. The van der Waals surface area contributed by atoms with Gasteiger partial charge < -0.3 is 28.7 Å². The lowest BCUT2D eigenvalue weighted by Gasteiger charge is -2.33. The van der Waals surface area contributed by atoms with Crippen LogP contribution in [0.2, 0.25) is 0 Å². The molecule has 34 heavy (non-hydrogen) atoms. The Morgan fingerprint density at radius 1 is 0.735 bits per heavy atom. The minimum atomic E-state index is -0.476. The van der Waals surface area contributed by atoms with E-state index < -0.39 is 11.2 Å². The lowest BCUT2D eigenvalue weighted by molar-refractivity contribution is -0.142. The molecule has 0 radical (unpaired) electrons. The fourth-order valence-corrected chi connectivity index (χ4v) is 4.60. The van der Waals surface area contributed by atoms with Gasteiger partial charge in [-0.05, 0) is 54.4 Å². The summed E-state index contributed by atoms with van der Waals surface area (Å²) in [6.45, 7) is 14.2. The fourth-order valence-electron chi connectivity index (χ4n) is 4.60. The maximum Gasteiger partial charge on any atom is 0.410 e. The highest BCUT2D eigenvalue weighted by molar-refractivity contribution is 5.76. The summed E-state index contributed by atoms with van der Waals surface area (Å²) in [5.41, 5.74) is -0.953. The number of carbonyl (C=O) groups is 4. The average molecular weight is 483 g/mol. The number of hydrogen-bond donors (Lipinski definition) is 0. The first-order valence-electron chi connectivity index (χ1n) is 12.0. The van der Waals surface area contributed by atoms with E-state index in [2.05, 4.69) is 0 Å². The molecule has 10 nitrogen and oxygen atoms in total. The number of piperidine rings is 2. The predicted octanol–water partition coefficient (Wildman–Crippen LogP) is 2.83. The van der Waals surface area contributed by atoms with Gasteiger partial charge in [0.05, 0.1) is 25.0 Å². The smallest absolute Gasteiger partial charge is 0.410 e. The van der Waals surface area contributed by atoms with Crippen LogP contribution in [0.25, 0.3) is 0 Å². The van der Waals surface area contributed by atoms with Gasteiger partial charge in [0.1, 0.15) is 11.2 Å². The standard InChI is InChI=1S/2C12H19NO4/c2*1-12(2,3)17-11(15)13-5-4-9-8(6-13)7-16-10(9)14/h2*8-9H,4-7H2,1-3H3/t2*8-,9-/m10/s1. The maximum atomic E-state index is 11.9. The number of carbonyl (C=O) groups excluding carboxylic acids is 4. The number of nitrogens with zero attached hydrogens (tertiary/aromatic N) is 2. The number of cyclic esters (lactones) is 2. The molecule has 4 aliphatic heterocycles. The largest absolute Gasteiger partial charge is 0.465 e. The van der Waals surface area contributed by atoms with Gasteiger partial charge in [0.15, 0.2) is 0 Å². The number of amides is 2. The van der Waals surface area contributed by atoms with Crippen molar-refractivity contribution in [1.82, 2.24) is 9.80 Å². The number of likely N-dealkylation sites (tertiary alicyclic amines) is 2. The Morgan fingerprint density at radius 2 is 1.09 bits per heavy atom. The van der Waals surface area contributed by atoms with Gasteiger partial charge in [-0.25, -0.2) is 9.59 Å². The summed E-state index contributed by atoms with van der Waals surface area (Å²) in [5, 5.41) is 0. The van der Waals surface area contributed by atoms with Gasteiger partial charge >= 0.3 is 24.1 Å². The van der Waals surface area contributed by atoms with E-state index in [0.717, 1.165) is 0 Å². The molecule has 4 saturated heterocycles. The Hall–Kier alpha value is -2.52. The highest BCUT2D eigenvalue weighted by atomic mass is 16.6. The summed E-state index contributed by atoms with van der Waals surface area (Å²) in [6.07, 6.45) is 0.775. The van der Waals surface area contributed by atoms with Crippen LogP contribution in [0.5, 0.6) is 0 Å². The summed E-state index contributed by atoms with van der Waals surface area (Å²) in [6, 6.07) is 0. The molecule has 0 saturated carbocycles. The Bertz CT molecular complexity index is 734. The minimum Gasteiger partial charge on any atom is -0.465 e. The topological polar surface area (TPSA) is 112 Å². The molecule has 2 amide bonds. The van der Waals surface area contributed by atoms with Crippen LogP contribution >= 0.6 is 0 Å². The minimum absolute atomic E-state index is 0.0197. The Labute approximate surface area is 201 Å². The first-order chi connectivity index (χ1) is 15.7. The molecule has 4 fully saturated rings. The van der Waals surface area contributed by atoms with Gasteiger partial charge in [-0.3, -0.25) is 9.59 Å². The zero-order valence-electron chi connectivity index (χ0n) is 21.1. The van der Waals surface area contributed by atoms with Crippen molar-refractivity contribution in [3.05, 3.63) is 0 Å². The molecular formula is C24H38N2O8. The number of fused-ring (bicyclic) bond motifs is 2. The van der Waals surface area contributed by atoms with Crippen LogP contribution in [-0.4, -0.2) is 84.5 Å².